The standard InChI is InChI=1S/3CH3.In.Sn.4H/h3*1H3;;;;;;. The van der Waals surface area contributed by atoms with Gasteiger partial charge in [-0.25, -0.2) is 0 Å². The second-order valence-electron chi connectivity index (χ2n) is 1.73. The van der Waals surface area contributed by atoms with Crippen molar-refractivity contribution in [1.29, 1.82) is 0 Å². The van der Waals surface area contributed by atoms with Crippen molar-refractivity contribution in [2.24, 2.45) is 0 Å². The van der Waals surface area contributed by atoms with E-state index >= 15 is 0 Å². The van der Waals surface area contributed by atoms with Gasteiger partial charge in [-0.15, -0.1) is 0 Å². The molecular weight excluding hydrogens is 270 g/mol. The summed E-state index contributed by atoms with van der Waals surface area (Å²) in [5.74, 6) is 0. The first kappa shape index (κ1) is 9.83. The second kappa shape index (κ2) is 5.67. The van der Waals surface area contributed by atoms with Crippen LogP contribution in [0.25, 0.3) is 0 Å². The van der Waals surface area contributed by atoms with Crippen LogP contribution >= 0.6 is 0 Å². The Hall–Kier alpha value is 1.67. The van der Waals surface area contributed by atoms with Gasteiger partial charge in [0.05, 0.1) is 0 Å². The SMILES string of the molecule is [CH3][SnH]([CH3])[CH3].[InH3]. The molecule has 0 aromatic rings. The Morgan fingerprint density at radius 3 is 1.00 bits per heavy atom. The van der Waals surface area contributed by atoms with Gasteiger partial charge in [0.15, 0.2) is 0 Å². The summed E-state index contributed by atoms with van der Waals surface area (Å²) in [6.07, 6.45) is 0. The first-order valence-corrected chi connectivity index (χ1v) is 11.6. The summed E-state index contributed by atoms with van der Waals surface area (Å²) in [4.78, 5) is 7.13. The van der Waals surface area contributed by atoms with Crippen LogP contribution < -0.4 is 0 Å². The van der Waals surface area contributed by atoms with Gasteiger partial charge in [-0.05, 0) is 0 Å². The summed E-state index contributed by atoms with van der Waals surface area (Å²) in [7, 11) is 0. The predicted molar refractivity (Wildman–Crippen MR) is 34.7 cm³/mol. The number of hydrogen-bond acceptors (Lipinski definition) is 0. The van der Waals surface area contributed by atoms with E-state index in [1.807, 2.05) is 0 Å². The summed E-state index contributed by atoms with van der Waals surface area (Å²) in [6.45, 7) is 0. The monoisotopic (exact) mass is 284 g/mol. The molecule has 5 heavy (non-hydrogen) atoms. The van der Waals surface area contributed by atoms with Crippen LogP contribution in [0.3, 0.4) is 0 Å². The van der Waals surface area contributed by atoms with Crippen molar-refractivity contribution in [3.05, 3.63) is 0 Å². The van der Waals surface area contributed by atoms with Crippen LogP contribution in [-0.4, -0.2) is 45.6 Å². The first-order valence-electron chi connectivity index (χ1n) is 1.73. The van der Waals surface area contributed by atoms with E-state index in [2.05, 4.69) is 14.8 Å². The fourth-order valence-electron chi connectivity index (χ4n) is 0. The van der Waals surface area contributed by atoms with Gasteiger partial charge >= 0.3 is 60.4 Å². The molecule has 0 unspecified atom stereocenters. The molecule has 0 saturated heterocycles. The van der Waals surface area contributed by atoms with Crippen LogP contribution in [0, 0.1) is 0 Å². The van der Waals surface area contributed by atoms with E-state index in [-0.39, 0.29) is 25.8 Å². The van der Waals surface area contributed by atoms with Gasteiger partial charge in [-0.2, -0.15) is 0 Å². The average molecular weight is 283 g/mol. The van der Waals surface area contributed by atoms with Crippen LogP contribution in [0.5, 0.6) is 0 Å². The molecule has 0 aromatic heterocycles. The topological polar surface area (TPSA) is 0 Å². The summed E-state index contributed by atoms with van der Waals surface area (Å²) < 4.78 is 0. The molecule has 0 atom stereocenters. The third-order valence-corrected chi connectivity index (χ3v) is 0. The molecule has 0 aliphatic heterocycles. The van der Waals surface area contributed by atoms with Crippen LogP contribution in [0.4, 0.5) is 0 Å². The van der Waals surface area contributed by atoms with Gasteiger partial charge in [0.25, 0.3) is 0 Å². The van der Waals surface area contributed by atoms with Crippen molar-refractivity contribution >= 4 is 45.6 Å². The predicted octanol–water partition coefficient (Wildman–Crippen LogP) is -0.0810. The van der Waals surface area contributed by atoms with Crippen molar-refractivity contribution < 1.29 is 0 Å². The van der Waals surface area contributed by atoms with Gasteiger partial charge in [-0.3, -0.25) is 0 Å². The summed E-state index contributed by atoms with van der Waals surface area (Å²) in [5, 5.41) is 0. The molecule has 0 aliphatic rings. The third-order valence-electron chi connectivity index (χ3n) is 0. The van der Waals surface area contributed by atoms with Gasteiger partial charge in [0, 0.05) is 0 Å². The van der Waals surface area contributed by atoms with Crippen molar-refractivity contribution in [3.8, 4) is 0 Å². The zero-order valence-corrected chi connectivity index (χ0v) is 6.87. The summed E-state index contributed by atoms with van der Waals surface area (Å²) in [5.41, 5.74) is 0. The van der Waals surface area contributed by atoms with Crippen molar-refractivity contribution in [3.63, 3.8) is 0 Å². The van der Waals surface area contributed by atoms with Crippen LogP contribution in [-0.2, 0) is 0 Å². The molecule has 0 radical (unpaired) electrons. The molecule has 0 aromatic carbocycles. The fraction of sp³-hybridized carbons (Fsp3) is 1.00. The van der Waals surface area contributed by atoms with E-state index < -0.39 is 19.8 Å². The average Bonchev–Trinajstić information content (AvgIpc) is 0.811. The fourth-order valence-corrected chi connectivity index (χ4v) is 0. The molecule has 0 aliphatic carbocycles. The number of rotatable bonds is 0. The molecule has 0 heterocycles. The van der Waals surface area contributed by atoms with E-state index in [9.17, 15) is 0 Å². The second-order valence-corrected chi connectivity index (χ2v) is 11.6. The molecule has 0 spiro atoms. The van der Waals surface area contributed by atoms with E-state index in [1.165, 1.54) is 0 Å². The Bertz CT molecular complexity index is 11.6. The molecule has 0 fully saturated rings. The summed E-state index contributed by atoms with van der Waals surface area (Å²) >= 11 is -0.637. The molecule has 32 valence electrons. The molecular formula is C3H13InSn. The van der Waals surface area contributed by atoms with Crippen LogP contribution in [0.15, 0.2) is 0 Å². The van der Waals surface area contributed by atoms with Gasteiger partial charge in [-0.1, -0.05) is 0 Å². The molecule has 0 nitrogen and oxygen atoms in total. The molecule has 0 bridgehead atoms. The van der Waals surface area contributed by atoms with Gasteiger partial charge in [0.2, 0.25) is 0 Å². The maximum absolute atomic E-state index is 2.38. The Morgan fingerprint density at radius 2 is 1.00 bits per heavy atom. The van der Waals surface area contributed by atoms with Gasteiger partial charge < -0.3 is 0 Å². The van der Waals surface area contributed by atoms with Crippen molar-refractivity contribution in [2.75, 3.05) is 0 Å². The molecule has 0 amide bonds. The first-order chi connectivity index (χ1) is 1.73. The minimum absolute atomic E-state index is 0. The van der Waals surface area contributed by atoms with Crippen molar-refractivity contribution in [2.45, 2.75) is 14.8 Å². The normalized spacial score (nSPS) is 7.20. The Kier molecular flexibility index (Phi) is 11.1. The Balaban J connectivity index is 0. The molecule has 0 saturated carbocycles. The zero-order valence-electron chi connectivity index (χ0n) is 3.58. The summed E-state index contributed by atoms with van der Waals surface area (Å²) in [6, 6.07) is 0. The maximum atomic E-state index is 2.38. The number of hydrogen-bond donors (Lipinski definition) is 0. The van der Waals surface area contributed by atoms with Crippen LogP contribution in [0.1, 0.15) is 0 Å². The van der Waals surface area contributed by atoms with Gasteiger partial charge in [0.1, 0.15) is 0 Å². The van der Waals surface area contributed by atoms with E-state index in [4.69, 9.17) is 0 Å². The Morgan fingerprint density at radius 1 is 1.00 bits per heavy atom. The third kappa shape index (κ3) is 27.4. The Labute approximate surface area is 59.9 Å². The van der Waals surface area contributed by atoms with E-state index in [0.29, 0.717) is 0 Å². The van der Waals surface area contributed by atoms with Crippen LogP contribution in [0.2, 0.25) is 14.8 Å². The molecule has 0 rings (SSSR count). The molecule has 2 heteroatoms. The van der Waals surface area contributed by atoms with Crippen molar-refractivity contribution in [1.82, 2.24) is 0 Å². The van der Waals surface area contributed by atoms with E-state index in [1.54, 1.807) is 0 Å². The van der Waals surface area contributed by atoms with E-state index in [0.717, 1.165) is 0 Å². The quantitative estimate of drug-likeness (QED) is 0.545. The molecule has 0 N–H and O–H groups in total. The zero-order chi connectivity index (χ0) is 3.58. The minimum atomic E-state index is -0.637.